The van der Waals surface area contributed by atoms with Gasteiger partial charge in [0.05, 0.1) is 0 Å². The van der Waals surface area contributed by atoms with Crippen LogP contribution < -0.4 is 5.32 Å². The molecule has 0 saturated carbocycles. The Morgan fingerprint density at radius 2 is 1.75 bits per heavy atom. The fourth-order valence-corrected chi connectivity index (χ4v) is 2.96. The van der Waals surface area contributed by atoms with E-state index in [0.717, 1.165) is 5.56 Å². The third kappa shape index (κ3) is 4.94. The summed E-state index contributed by atoms with van der Waals surface area (Å²) < 4.78 is 0. The SMILES string of the molecule is Cc1ccccc1CNc1nccc(C(=O)N(Cc2ccccc2)C(C)C)n1. The van der Waals surface area contributed by atoms with Crippen LogP contribution in [0.1, 0.15) is 41.0 Å². The Labute approximate surface area is 166 Å². The van der Waals surface area contributed by atoms with Gasteiger partial charge in [-0.05, 0) is 43.5 Å². The number of benzene rings is 2. The van der Waals surface area contributed by atoms with Crippen LogP contribution in [0.25, 0.3) is 0 Å². The molecule has 0 spiro atoms. The van der Waals surface area contributed by atoms with E-state index in [1.165, 1.54) is 11.1 Å². The fraction of sp³-hybridized carbons (Fsp3) is 0.261. The predicted octanol–water partition coefficient (Wildman–Crippen LogP) is 4.45. The normalized spacial score (nSPS) is 10.7. The van der Waals surface area contributed by atoms with Gasteiger partial charge >= 0.3 is 0 Å². The van der Waals surface area contributed by atoms with Gasteiger partial charge in [0.15, 0.2) is 0 Å². The zero-order chi connectivity index (χ0) is 19.9. The Morgan fingerprint density at radius 1 is 1.04 bits per heavy atom. The number of nitrogens with zero attached hydrogens (tertiary/aromatic N) is 3. The van der Waals surface area contributed by atoms with E-state index >= 15 is 0 Å². The molecule has 5 heteroatoms. The zero-order valence-electron chi connectivity index (χ0n) is 16.6. The molecule has 3 rings (SSSR count). The van der Waals surface area contributed by atoms with E-state index in [2.05, 4.69) is 34.3 Å². The van der Waals surface area contributed by atoms with E-state index in [4.69, 9.17) is 0 Å². The minimum atomic E-state index is -0.0970. The van der Waals surface area contributed by atoms with E-state index < -0.39 is 0 Å². The first kappa shape index (κ1) is 19.5. The number of carbonyl (C=O) groups is 1. The van der Waals surface area contributed by atoms with Crippen molar-refractivity contribution in [3.63, 3.8) is 0 Å². The molecule has 28 heavy (non-hydrogen) atoms. The largest absolute Gasteiger partial charge is 0.350 e. The second kappa shape index (κ2) is 9.13. The third-order valence-electron chi connectivity index (χ3n) is 4.65. The Bertz CT molecular complexity index is 925. The van der Waals surface area contributed by atoms with Gasteiger partial charge < -0.3 is 10.2 Å². The highest BCUT2D eigenvalue weighted by molar-refractivity contribution is 5.92. The Morgan fingerprint density at radius 3 is 2.46 bits per heavy atom. The van der Waals surface area contributed by atoms with Gasteiger partial charge in [-0.3, -0.25) is 4.79 Å². The second-order valence-corrected chi connectivity index (χ2v) is 7.06. The maximum atomic E-state index is 13.1. The summed E-state index contributed by atoms with van der Waals surface area (Å²) in [5.41, 5.74) is 3.87. The summed E-state index contributed by atoms with van der Waals surface area (Å²) in [6, 6.07) is 19.9. The van der Waals surface area contributed by atoms with Crippen LogP contribution in [0.15, 0.2) is 66.9 Å². The number of hydrogen-bond donors (Lipinski definition) is 1. The molecule has 0 bridgehead atoms. The van der Waals surface area contributed by atoms with E-state index in [-0.39, 0.29) is 11.9 Å². The predicted molar refractivity (Wildman–Crippen MR) is 112 cm³/mol. The maximum Gasteiger partial charge on any atom is 0.273 e. The smallest absolute Gasteiger partial charge is 0.273 e. The van der Waals surface area contributed by atoms with Crippen LogP contribution in [0.5, 0.6) is 0 Å². The fourth-order valence-electron chi connectivity index (χ4n) is 2.96. The molecule has 0 aliphatic carbocycles. The van der Waals surface area contributed by atoms with Crippen LogP contribution in [0.2, 0.25) is 0 Å². The number of rotatable bonds is 7. The van der Waals surface area contributed by atoms with Gasteiger partial charge in [-0.1, -0.05) is 54.6 Å². The Hall–Kier alpha value is -3.21. The van der Waals surface area contributed by atoms with Crippen molar-refractivity contribution in [2.24, 2.45) is 0 Å². The highest BCUT2D eigenvalue weighted by Gasteiger charge is 2.20. The topological polar surface area (TPSA) is 58.1 Å². The molecule has 0 aliphatic rings. The van der Waals surface area contributed by atoms with Crippen LogP contribution in [0.3, 0.4) is 0 Å². The summed E-state index contributed by atoms with van der Waals surface area (Å²) in [4.78, 5) is 23.6. The summed E-state index contributed by atoms with van der Waals surface area (Å²) >= 11 is 0. The van der Waals surface area contributed by atoms with Gasteiger partial charge in [-0.2, -0.15) is 0 Å². The number of hydrogen-bond acceptors (Lipinski definition) is 4. The first-order valence-corrected chi connectivity index (χ1v) is 9.51. The van der Waals surface area contributed by atoms with Gasteiger partial charge in [-0.25, -0.2) is 9.97 Å². The van der Waals surface area contributed by atoms with E-state index in [1.54, 1.807) is 12.3 Å². The number of amides is 1. The number of nitrogens with one attached hydrogen (secondary N) is 1. The van der Waals surface area contributed by atoms with Gasteiger partial charge in [0.25, 0.3) is 5.91 Å². The van der Waals surface area contributed by atoms with Crippen LogP contribution >= 0.6 is 0 Å². The standard InChI is InChI=1S/C23H26N4O/c1-17(2)27(16-19-10-5-4-6-11-19)22(28)21-13-14-24-23(26-21)25-15-20-12-8-7-9-18(20)3/h4-14,17H,15-16H2,1-3H3,(H,24,25,26). The van der Waals surface area contributed by atoms with Crippen molar-refractivity contribution >= 4 is 11.9 Å². The first-order valence-electron chi connectivity index (χ1n) is 9.51. The van der Waals surface area contributed by atoms with Crippen molar-refractivity contribution < 1.29 is 4.79 Å². The molecule has 2 aromatic carbocycles. The lowest BCUT2D eigenvalue weighted by Crippen LogP contribution is -2.37. The molecule has 0 fully saturated rings. The van der Waals surface area contributed by atoms with E-state index in [1.807, 2.05) is 61.2 Å². The zero-order valence-corrected chi connectivity index (χ0v) is 16.6. The maximum absolute atomic E-state index is 13.1. The molecule has 0 unspecified atom stereocenters. The van der Waals surface area contributed by atoms with Crippen LogP contribution in [0.4, 0.5) is 5.95 Å². The van der Waals surface area contributed by atoms with Crippen LogP contribution in [0, 0.1) is 6.92 Å². The van der Waals surface area contributed by atoms with Crippen molar-refractivity contribution in [2.75, 3.05) is 5.32 Å². The monoisotopic (exact) mass is 374 g/mol. The van der Waals surface area contributed by atoms with Crippen molar-refractivity contribution in [1.82, 2.24) is 14.9 Å². The molecule has 1 amide bonds. The van der Waals surface area contributed by atoms with Crippen molar-refractivity contribution in [1.29, 1.82) is 0 Å². The van der Waals surface area contributed by atoms with Crippen molar-refractivity contribution in [3.05, 3.63) is 89.2 Å². The molecule has 0 saturated heterocycles. The molecule has 1 heterocycles. The van der Waals surface area contributed by atoms with Crippen LogP contribution in [-0.4, -0.2) is 26.8 Å². The minimum Gasteiger partial charge on any atom is -0.350 e. The van der Waals surface area contributed by atoms with Crippen LogP contribution in [-0.2, 0) is 13.1 Å². The summed E-state index contributed by atoms with van der Waals surface area (Å²) in [6.07, 6.45) is 1.63. The number of anilines is 1. The summed E-state index contributed by atoms with van der Waals surface area (Å²) in [5, 5.41) is 3.22. The summed E-state index contributed by atoms with van der Waals surface area (Å²) in [5.74, 6) is 0.359. The lowest BCUT2D eigenvalue weighted by molar-refractivity contribution is 0.0684. The van der Waals surface area contributed by atoms with Gasteiger partial charge in [-0.15, -0.1) is 0 Å². The Kier molecular flexibility index (Phi) is 6.37. The highest BCUT2D eigenvalue weighted by atomic mass is 16.2. The lowest BCUT2D eigenvalue weighted by Gasteiger charge is -2.26. The average molecular weight is 374 g/mol. The molecule has 144 valence electrons. The molecule has 1 aromatic heterocycles. The molecule has 3 aromatic rings. The average Bonchev–Trinajstić information content (AvgIpc) is 2.72. The van der Waals surface area contributed by atoms with E-state index in [9.17, 15) is 4.79 Å². The van der Waals surface area contributed by atoms with Gasteiger partial charge in [0, 0.05) is 25.3 Å². The lowest BCUT2D eigenvalue weighted by atomic mass is 10.1. The van der Waals surface area contributed by atoms with Gasteiger partial charge in [0.2, 0.25) is 5.95 Å². The molecule has 1 N–H and O–H groups in total. The minimum absolute atomic E-state index is 0.0612. The first-order chi connectivity index (χ1) is 13.5. The summed E-state index contributed by atoms with van der Waals surface area (Å²) in [7, 11) is 0. The highest BCUT2D eigenvalue weighted by Crippen LogP contribution is 2.14. The molecular weight excluding hydrogens is 348 g/mol. The number of aromatic nitrogens is 2. The number of carbonyl (C=O) groups excluding carboxylic acids is 1. The molecule has 5 nitrogen and oxygen atoms in total. The number of aryl methyl sites for hydroxylation is 1. The quantitative estimate of drug-likeness (QED) is 0.664. The molecule has 0 aliphatic heterocycles. The van der Waals surface area contributed by atoms with E-state index in [0.29, 0.717) is 24.7 Å². The van der Waals surface area contributed by atoms with Crippen molar-refractivity contribution in [3.8, 4) is 0 Å². The van der Waals surface area contributed by atoms with Crippen molar-refractivity contribution in [2.45, 2.75) is 39.9 Å². The Balaban J connectivity index is 1.73. The molecule has 0 atom stereocenters. The third-order valence-corrected chi connectivity index (χ3v) is 4.65. The second-order valence-electron chi connectivity index (χ2n) is 7.06. The molecule has 0 radical (unpaired) electrons. The molecular formula is C23H26N4O. The summed E-state index contributed by atoms with van der Waals surface area (Å²) in [6.45, 7) is 7.26. The van der Waals surface area contributed by atoms with Gasteiger partial charge in [0.1, 0.15) is 5.69 Å².